The van der Waals surface area contributed by atoms with Gasteiger partial charge in [0.2, 0.25) is 0 Å². The van der Waals surface area contributed by atoms with E-state index in [2.05, 4.69) is 0 Å². The summed E-state index contributed by atoms with van der Waals surface area (Å²) < 4.78 is 9.94. The van der Waals surface area contributed by atoms with Crippen LogP contribution in [-0.2, 0) is 14.3 Å². The van der Waals surface area contributed by atoms with E-state index < -0.39 is 23.7 Å². The van der Waals surface area contributed by atoms with Crippen molar-refractivity contribution >= 4 is 5.97 Å². The third-order valence-electron chi connectivity index (χ3n) is 2.10. The predicted molar refractivity (Wildman–Crippen MR) is 47.2 cm³/mol. The maximum Gasteiger partial charge on any atom is 0.321 e. The first-order valence-corrected chi connectivity index (χ1v) is 3.91. The van der Waals surface area contributed by atoms with Gasteiger partial charge >= 0.3 is 5.97 Å². The Morgan fingerprint density at radius 2 is 1.77 bits per heavy atom. The number of carbonyl (C=O) groups is 1. The summed E-state index contributed by atoms with van der Waals surface area (Å²) in [7, 11) is 2.90. The molecule has 0 spiro atoms. The Labute approximate surface area is 77.8 Å². The first-order valence-electron chi connectivity index (χ1n) is 3.91. The molecule has 0 aliphatic heterocycles. The van der Waals surface area contributed by atoms with E-state index >= 15 is 0 Å². The fourth-order valence-electron chi connectivity index (χ4n) is 1.17. The normalized spacial score (nSPS) is 14.6. The van der Waals surface area contributed by atoms with Crippen LogP contribution in [0.2, 0.25) is 0 Å². The molecule has 78 valence electrons. The molecule has 1 unspecified atom stereocenters. The fourth-order valence-corrected chi connectivity index (χ4v) is 1.17. The number of hydrogen-bond acceptors (Lipinski definition) is 4. The smallest absolute Gasteiger partial charge is 0.321 e. The third-order valence-corrected chi connectivity index (χ3v) is 2.10. The summed E-state index contributed by atoms with van der Waals surface area (Å²) >= 11 is 0. The van der Waals surface area contributed by atoms with Crippen molar-refractivity contribution in [1.29, 1.82) is 0 Å². The van der Waals surface area contributed by atoms with E-state index in [0.29, 0.717) is 0 Å². The van der Waals surface area contributed by atoms with E-state index in [9.17, 15) is 4.79 Å². The molecule has 0 aliphatic rings. The molecule has 0 bridgehead atoms. The minimum Gasteiger partial charge on any atom is -0.480 e. The molecule has 13 heavy (non-hydrogen) atoms. The standard InChI is InChI=1S/C8H17NO4/c1-8(2,5(9)6(10)11)7(12-3)13-4/h5,7H,9H2,1-4H3,(H,10,11). The van der Waals surface area contributed by atoms with Crippen LogP contribution in [0, 0.1) is 5.41 Å². The van der Waals surface area contributed by atoms with Crippen LogP contribution in [0.15, 0.2) is 0 Å². The number of ether oxygens (including phenoxy) is 2. The van der Waals surface area contributed by atoms with E-state index in [1.165, 1.54) is 14.2 Å². The van der Waals surface area contributed by atoms with Gasteiger partial charge in [0.1, 0.15) is 6.04 Å². The number of aliphatic carboxylic acids is 1. The molecule has 0 fully saturated rings. The first-order chi connectivity index (χ1) is 5.87. The Morgan fingerprint density at radius 3 is 2.00 bits per heavy atom. The minimum absolute atomic E-state index is 0.626. The summed E-state index contributed by atoms with van der Waals surface area (Å²) in [4.78, 5) is 10.6. The highest BCUT2D eigenvalue weighted by Gasteiger charge is 2.40. The molecule has 0 aromatic carbocycles. The third kappa shape index (κ3) is 2.65. The van der Waals surface area contributed by atoms with Crippen molar-refractivity contribution in [3.63, 3.8) is 0 Å². The maximum absolute atomic E-state index is 10.6. The first kappa shape index (κ1) is 12.3. The lowest BCUT2D eigenvalue weighted by molar-refractivity contribution is -0.182. The summed E-state index contributed by atoms with van der Waals surface area (Å²) in [6.45, 7) is 3.37. The highest BCUT2D eigenvalue weighted by Crippen LogP contribution is 2.26. The van der Waals surface area contributed by atoms with Crippen LogP contribution in [0.1, 0.15) is 13.8 Å². The minimum atomic E-state index is -1.07. The Balaban J connectivity index is 4.60. The van der Waals surface area contributed by atoms with Crippen molar-refractivity contribution in [3.05, 3.63) is 0 Å². The molecule has 0 radical (unpaired) electrons. The van der Waals surface area contributed by atoms with E-state index in [0.717, 1.165) is 0 Å². The second-order valence-electron chi connectivity index (χ2n) is 3.44. The second-order valence-corrected chi connectivity index (χ2v) is 3.44. The molecule has 0 saturated carbocycles. The van der Waals surface area contributed by atoms with Crippen LogP contribution in [0.4, 0.5) is 0 Å². The monoisotopic (exact) mass is 191 g/mol. The second kappa shape index (κ2) is 4.55. The van der Waals surface area contributed by atoms with Crippen molar-refractivity contribution in [2.24, 2.45) is 11.1 Å². The van der Waals surface area contributed by atoms with Gasteiger partial charge in [-0.25, -0.2) is 0 Å². The number of nitrogens with two attached hydrogens (primary N) is 1. The zero-order valence-electron chi connectivity index (χ0n) is 8.40. The molecule has 0 heterocycles. The highest BCUT2D eigenvalue weighted by atomic mass is 16.7. The van der Waals surface area contributed by atoms with Crippen LogP contribution in [0.3, 0.4) is 0 Å². The van der Waals surface area contributed by atoms with Gasteiger partial charge in [-0.05, 0) is 0 Å². The summed E-state index contributed by atoms with van der Waals surface area (Å²) in [5.74, 6) is -1.07. The van der Waals surface area contributed by atoms with Gasteiger partial charge in [-0.3, -0.25) is 4.79 Å². The Kier molecular flexibility index (Phi) is 4.32. The highest BCUT2D eigenvalue weighted by molar-refractivity contribution is 5.74. The van der Waals surface area contributed by atoms with Crippen LogP contribution >= 0.6 is 0 Å². The number of rotatable bonds is 5. The fraction of sp³-hybridized carbons (Fsp3) is 0.875. The molecule has 0 aliphatic carbocycles. The molecular formula is C8H17NO4. The van der Waals surface area contributed by atoms with Gasteiger partial charge in [0.05, 0.1) is 0 Å². The zero-order chi connectivity index (χ0) is 10.6. The Morgan fingerprint density at radius 1 is 1.38 bits per heavy atom. The molecule has 0 saturated heterocycles. The number of methoxy groups -OCH3 is 2. The van der Waals surface area contributed by atoms with Crippen molar-refractivity contribution < 1.29 is 19.4 Å². The molecule has 0 aromatic heterocycles. The lowest BCUT2D eigenvalue weighted by atomic mass is 9.84. The van der Waals surface area contributed by atoms with Crippen molar-refractivity contribution in [2.45, 2.75) is 26.2 Å². The summed E-state index contributed by atoms with van der Waals surface area (Å²) in [6, 6.07) is -1.02. The van der Waals surface area contributed by atoms with E-state index in [1.807, 2.05) is 0 Å². The van der Waals surface area contributed by atoms with Gasteiger partial charge in [-0.2, -0.15) is 0 Å². The molecule has 0 rings (SSSR count). The molecule has 5 nitrogen and oxygen atoms in total. The Hall–Kier alpha value is -0.650. The van der Waals surface area contributed by atoms with Gasteiger partial charge in [-0.1, -0.05) is 13.8 Å². The lowest BCUT2D eigenvalue weighted by Gasteiger charge is -2.34. The molecule has 0 amide bonds. The topological polar surface area (TPSA) is 81.8 Å². The van der Waals surface area contributed by atoms with Crippen LogP contribution in [0.25, 0.3) is 0 Å². The van der Waals surface area contributed by atoms with Crippen molar-refractivity contribution in [2.75, 3.05) is 14.2 Å². The number of carboxylic acids is 1. The van der Waals surface area contributed by atoms with Gasteiger partial charge in [-0.15, -0.1) is 0 Å². The molecule has 0 aromatic rings. The van der Waals surface area contributed by atoms with Crippen molar-refractivity contribution in [1.82, 2.24) is 0 Å². The SMILES string of the molecule is COC(OC)C(C)(C)C(N)C(=O)O. The molecule has 5 heteroatoms. The zero-order valence-corrected chi connectivity index (χ0v) is 8.40. The van der Waals surface area contributed by atoms with E-state index in [4.69, 9.17) is 20.3 Å². The largest absolute Gasteiger partial charge is 0.480 e. The summed E-state index contributed by atoms with van der Waals surface area (Å²) in [6.07, 6.45) is -0.626. The van der Waals surface area contributed by atoms with Gasteiger partial charge < -0.3 is 20.3 Å². The molecular weight excluding hydrogens is 174 g/mol. The van der Waals surface area contributed by atoms with E-state index in [1.54, 1.807) is 13.8 Å². The lowest BCUT2D eigenvalue weighted by Crippen LogP contribution is -2.51. The summed E-state index contributed by atoms with van der Waals surface area (Å²) in [5, 5.41) is 8.72. The van der Waals surface area contributed by atoms with E-state index in [-0.39, 0.29) is 0 Å². The average molecular weight is 191 g/mol. The number of carboxylic acid groups (broad SMARTS) is 1. The van der Waals surface area contributed by atoms with Gasteiger partial charge in [0.25, 0.3) is 0 Å². The van der Waals surface area contributed by atoms with Gasteiger partial charge in [0, 0.05) is 19.6 Å². The molecule has 3 N–H and O–H groups in total. The van der Waals surface area contributed by atoms with Crippen LogP contribution in [0.5, 0.6) is 0 Å². The van der Waals surface area contributed by atoms with Crippen molar-refractivity contribution in [3.8, 4) is 0 Å². The average Bonchev–Trinajstić information content (AvgIpc) is 2.04. The summed E-state index contributed by atoms with van der Waals surface area (Å²) in [5.41, 5.74) is 4.72. The van der Waals surface area contributed by atoms with Crippen LogP contribution in [-0.4, -0.2) is 37.6 Å². The van der Waals surface area contributed by atoms with Crippen LogP contribution < -0.4 is 5.73 Å². The van der Waals surface area contributed by atoms with Gasteiger partial charge in [0.15, 0.2) is 6.29 Å². The number of hydrogen-bond donors (Lipinski definition) is 2. The Bertz CT molecular complexity index is 177. The predicted octanol–water partition coefficient (Wildman–Crippen LogP) is 0.0434. The maximum atomic E-state index is 10.6. The molecule has 1 atom stereocenters. The quantitative estimate of drug-likeness (QED) is 0.600.